The Bertz CT molecular complexity index is 1160. The third kappa shape index (κ3) is 6.42. The molecule has 0 aliphatic carbocycles. The molecule has 3 aromatic carbocycles. The molecule has 2 heterocycles. The first-order valence-corrected chi connectivity index (χ1v) is 12.3. The SMILES string of the molecule is O=C1C[C@H]2[C@H](OCc3ccccc3)[C@@H](COCc3ccccc3)O[C@@H](C(=O)OCc3ccccc3)N2O1. The molecule has 0 radical (unpaired) electrons. The molecule has 2 aliphatic rings. The number of hydrogen-bond donors (Lipinski definition) is 0. The zero-order valence-corrected chi connectivity index (χ0v) is 20.3. The van der Waals surface area contributed by atoms with Crippen molar-refractivity contribution in [3.05, 3.63) is 108 Å². The molecule has 37 heavy (non-hydrogen) atoms. The monoisotopic (exact) mass is 503 g/mol. The van der Waals surface area contributed by atoms with Crippen LogP contribution in [0.4, 0.5) is 0 Å². The lowest BCUT2D eigenvalue weighted by atomic mass is 10.00. The van der Waals surface area contributed by atoms with Crippen LogP contribution in [0.5, 0.6) is 0 Å². The molecule has 0 aromatic heterocycles. The van der Waals surface area contributed by atoms with E-state index in [1.807, 2.05) is 91.0 Å². The van der Waals surface area contributed by atoms with Gasteiger partial charge in [0.2, 0.25) is 6.23 Å². The summed E-state index contributed by atoms with van der Waals surface area (Å²) in [4.78, 5) is 30.8. The van der Waals surface area contributed by atoms with E-state index in [0.29, 0.717) is 13.2 Å². The van der Waals surface area contributed by atoms with Gasteiger partial charge in [-0.15, -0.1) is 0 Å². The Morgan fingerprint density at radius 2 is 1.38 bits per heavy atom. The van der Waals surface area contributed by atoms with E-state index in [4.69, 9.17) is 23.8 Å². The average molecular weight is 504 g/mol. The van der Waals surface area contributed by atoms with Crippen LogP contribution >= 0.6 is 0 Å². The fourth-order valence-corrected chi connectivity index (χ4v) is 4.46. The number of ether oxygens (including phenoxy) is 4. The minimum atomic E-state index is -1.22. The number of hydrogen-bond acceptors (Lipinski definition) is 8. The summed E-state index contributed by atoms with van der Waals surface area (Å²) in [7, 11) is 0. The van der Waals surface area contributed by atoms with Crippen molar-refractivity contribution in [3.63, 3.8) is 0 Å². The molecule has 0 spiro atoms. The summed E-state index contributed by atoms with van der Waals surface area (Å²) in [6.07, 6.45) is -2.35. The summed E-state index contributed by atoms with van der Waals surface area (Å²) in [6, 6.07) is 28.3. The zero-order valence-electron chi connectivity index (χ0n) is 20.3. The Kier molecular flexibility index (Phi) is 8.22. The summed E-state index contributed by atoms with van der Waals surface area (Å²) in [5.41, 5.74) is 2.83. The fourth-order valence-electron chi connectivity index (χ4n) is 4.46. The summed E-state index contributed by atoms with van der Waals surface area (Å²) < 4.78 is 23.9. The Morgan fingerprint density at radius 3 is 2.00 bits per heavy atom. The molecule has 8 nitrogen and oxygen atoms in total. The normalized spacial score (nSPS) is 23.3. The van der Waals surface area contributed by atoms with Crippen LogP contribution in [-0.4, -0.2) is 48.1 Å². The van der Waals surface area contributed by atoms with Gasteiger partial charge < -0.3 is 23.8 Å². The number of fused-ring (bicyclic) bond motifs is 1. The highest BCUT2D eigenvalue weighted by Crippen LogP contribution is 2.33. The maximum absolute atomic E-state index is 13.1. The first kappa shape index (κ1) is 25.1. The Labute approximate surface area is 215 Å². The highest BCUT2D eigenvalue weighted by atomic mass is 16.8. The van der Waals surface area contributed by atoms with Crippen molar-refractivity contribution in [2.45, 2.75) is 50.7 Å². The first-order valence-electron chi connectivity index (χ1n) is 12.3. The van der Waals surface area contributed by atoms with Gasteiger partial charge in [0.05, 0.1) is 32.3 Å². The van der Waals surface area contributed by atoms with E-state index in [1.165, 1.54) is 5.06 Å². The summed E-state index contributed by atoms with van der Waals surface area (Å²) in [5.74, 6) is -1.09. The third-order valence-corrected chi connectivity index (χ3v) is 6.29. The minimum Gasteiger partial charge on any atom is -0.458 e. The molecule has 192 valence electrons. The summed E-state index contributed by atoms with van der Waals surface area (Å²) in [5, 5.41) is 1.28. The molecule has 0 amide bonds. The fraction of sp³-hybridized carbons (Fsp3) is 0.310. The van der Waals surface area contributed by atoms with Crippen molar-refractivity contribution in [3.8, 4) is 0 Å². The summed E-state index contributed by atoms with van der Waals surface area (Å²) in [6.45, 7) is 0.926. The van der Waals surface area contributed by atoms with Crippen LogP contribution in [-0.2, 0) is 53.2 Å². The molecule has 2 fully saturated rings. The van der Waals surface area contributed by atoms with Crippen LogP contribution in [0.1, 0.15) is 23.1 Å². The summed E-state index contributed by atoms with van der Waals surface area (Å²) >= 11 is 0. The van der Waals surface area contributed by atoms with Gasteiger partial charge >= 0.3 is 11.9 Å². The molecule has 3 aromatic rings. The molecule has 0 unspecified atom stereocenters. The average Bonchev–Trinajstić information content (AvgIpc) is 3.33. The smallest absolute Gasteiger partial charge is 0.354 e. The van der Waals surface area contributed by atoms with E-state index < -0.39 is 36.4 Å². The van der Waals surface area contributed by atoms with Gasteiger partial charge in [-0.05, 0) is 16.7 Å². The van der Waals surface area contributed by atoms with E-state index in [9.17, 15) is 9.59 Å². The van der Waals surface area contributed by atoms with Gasteiger partial charge in [0.1, 0.15) is 18.8 Å². The van der Waals surface area contributed by atoms with Crippen molar-refractivity contribution in [2.24, 2.45) is 0 Å². The lowest BCUT2D eigenvalue weighted by Crippen LogP contribution is -2.62. The van der Waals surface area contributed by atoms with Crippen molar-refractivity contribution >= 4 is 11.9 Å². The van der Waals surface area contributed by atoms with Gasteiger partial charge in [0, 0.05) is 0 Å². The highest BCUT2D eigenvalue weighted by Gasteiger charge is 2.54. The molecule has 0 saturated carbocycles. The minimum absolute atomic E-state index is 0.0699. The first-order chi connectivity index (χ1) is 18.2. The maximum Gasteiger partial charge on any atom is 0.354 e. The highest BCUT2D eigenvalue weighted by molar-refractivity contribution is 5.77. The van der Waals surface area contributed by atoms with Crippen LogP contribution in [0, 0.1) is 0 Å². The van der Waals surface area contributed by atoms with Crippen molar-refractivity contribution in [1.29, 1.82) is 0 Å². The second-order valence-electron chi connectivity index (χ2n) is 8.98. The van der Waals surface area contributed by atoms with Gasteiger partial charge in [-0.2, -0.15) is 0 Å². The third-order valence-electron chi connectivity index (χ3n) is 6.29. The van der Waals surface area contributed by atoms with Gasteiger partial charge in [-0.3, -0.25) is 4.79 Å². The molecular weight excluding hydrogens is 474 g/mol. The molecule has 0 bridgehead atoms. The molecule has 4 atom stereocenters. The van der Waals surface area contributed by atoms with Crippen molar-refractivity contribution in [2.75, 3.05) is 6.61 Å². The number of esters is 1. The van der Waals surface area contributed by atoms with E-state index in [2.05, 4.69) is 0 Å². The zero-order chi connectivity index (χ0) is 25.5. The van der Waals surface area contributed by atoms with Crippen LogP contribution < -0.4 is 0 Å². The molecule has 2 aliphatic heterocycles. The van der Waals surface area contributed by atoms with Crippen molar-refractivity contribution < 1.29 is 33.4 Å². The predicted molar refractivity (Wildman–Crippen MR) is 132 cm³/mol. The van der Waals surface area contributed by atoms with E-state index in [-0.39, 0.29) is 19.6 Å². The largest absolute Gasteiger partial charge is 0.458 e. The number of rotatable bonds is 10. The lowest BCUT2D eigenvalue weighted by molar-refractivity contribution is -0.307. The van der Waals surface area contributed by atoms with E-state index >= 15 is 0 Å². The van der Waals surface area contributed by atoms with E-state index in [0.717, 1.165) is 16.7 Å². The number of hydroxylamine groups is 2. The second kappa shape index (κ2) is 12.1. The number of carbonyl (C=O) groups excluding carboxylic acids is 2. The van der Waals surface area contributed by atoms with Crippen LogP contribution in [0.2, 0.25) is 0 Å². The predicted octanol–water partition coefficient (Wildman–Crippen LogP) is 3.79. The molecule has 2 saturated heterocycles. The number of nitrogens with zero attached hydrogens (tertiary/aromatic N) is 1. The Balaban J connectivity index is 1.31. The standard InChI is InChI=1S/C29H29NO7/c31-26-16-24-27(34-18-22-12-6-2-7-13-22)25(20-33-17-21-10-4-1-5-11-21)36-28(30(24)37-26)29(32)35-19-23-14-8-3-9-15-23/h1-15,24-25,27-28H,16-20H2/t24-,25+,27-,28-/m0/s1. The number of carbonyl (C=O) groups is 2. The Morgan fingerprint density at radius 1 is 0.811 bits per heavy atom. The van der Waals surface area contributed by atoms with Gasteiger partial charge in [-0.25, -0.2) is 4.79 Å². The van der Waals surface area contributed by atoms with Crippen LogP contribution in [0.3, 0.4) is 0 Å². The molecular formula is C29H29NO7. The van der Waals surface area contributed by atoms with Gasteiger partial charge in [0.25, 0.3) is 0 Å². The van der Waals surface area contributed by atoms with Gasteiger partial charge in [-0.1, -0.05) is 96.1 Å². The molecule has 8 heteroatoms. The molecule has 5 rings (SSSR count). The second-order valence-corrected chi connectivity index (χ2v) is 8.98. The van der Waals surface area contributed by atoms with Crippen LogP contribution in [0.25, 0.3) is 0 Å². The number of benzene rings is 3. The Hall–Kier alpha value is -3.56. The van der Waals surface area contributed by atoms with Crippen LogP contribution in [0.15, 0.2) is 91.0 Å². The molecule has 0 N–H and O–H groups in total. The maximum atomic E-state index is 13.1. The van der Waals surface area contributed by atoms with Crippen molar-refractivity contribution in [1.82, 2.24) is 5.06 Å². The topological polar surface area (TPSA) is 83.5 Å². The quantitative estimate of drug-likeness (QED) is 0.387. The van der Waals surface area contributed by atoms with E-state index in [1.54, 1.807) is 0 Å². The van der Waals surface area contributed by atoms with Gasteiger partial charge in [0.15, 0.2) is 0 Å². The lowest BCUT2D eigenvalue weighted by Gasteiger charge is -2.42.